The average molecular weight is 284 g/mol. The molecule has 0 saturated carbocycles. The second-order valence-electron chi connectivity index (χ2n) is 4.46. The van der Waals surface area contributed by atoms with Crippen LogP contribution in [0, 0.1) is 11.3 Å². The lowest BCUT2D eigenvalue weighted by molar-refractivity contribution is -0.116. The number of nitrogens with one attached hydrogen (secondary N) is 2. The zero-order valence-electron chi connectivity index (χ0n) is 10.4. The largest absolute Gasteiger partial charge is 0.369 e. The second-order valence-corrected chi connectivity index (χ2v) is 4.89. The van der Waals surface area contributed by atoms with E-state index in [9.17, 15) is 4.79 Å². The summed E-state index contributed by atoms with van der Waals surface area (Å²) in [4.78, 5) is 12.0. The number of nitrogens with zero attached hydrogens (tertiary/aromatic N) is 1. The molecule has 4 nitrogen and oxygen atoms in total. The van der Waals surface area contributed by atoms with Gasteiger partial charge in [0.25, 0.3) is 5.91 Å². The van der Waals surface area contributed by atoms with Gasteiger partial charge in [-0.2, -0.15) is 5.26 Å². The van der Waals surface area contributed by atoms with E-state index >= 15 is 0 Å². The first-order chi connectivity index (χ1) is 9.69. The number of carbonyl (C=O) groups excluding carboxylic acids is 1. The van der Waals surface area contributed by atoms with Gasteiger partial charge < -0.3 is 10.6 Å². The van der Waals surface area contributed by atoms with Gasteiger partial charge in [-0.3, -0.25) is 4.79 Å². The maximum atomic E-state index is 12.0. The lowest BCUT2D eigenvalue weighted by Gasteiger charge is -2.14. The normalized spacial score (nSPS) is 16.2. The Labute approximate surface area is 121 Å². The lowest BCUT2D eigenvalue weighted by Crippen LogP contribution is -2.20. The molecule has 1 unspecified atom stereocenters. The summed E-state index contributed by atoms with van der Waals surface area (Å²) in [6.45, 7) is 0. The first kappa shape index (κ1) is 12.5. The minimum atomic E-state index is -0.543. The summed E-state index contributed by atoms with van der Waals surface area (Å²) in [7, 11) is 0. The van der Waals surface area contributed by atoms with Crippen molar-refractivity contribution in [2.24, 2.45) is 0 Å². The third-order valence-corrected chi connectivity index (χ3v) is 3.43. The van der Waals surface area contributed by atoms with Gasteiger partial charge in [0.1, 0.15) is 12.1 Å². The number of nitriles is 1. The predicted octanol–water partition coefficient (Wildman–Crippen LogP) is 3.32. The van der Waals surface area contributed by atoms with E-state index in [4.69, 9.17) is 16.9 Å². The Bertz CT molecular complexity index is 736. The Morgan fingerprint density at radius 2 is 2.05 bits per heavy atom. The molecular formula is C15H10ClN3O. The van der Waals surface area contributed by atoms with Gasteiger partial charge in [0.15, 0.2) is 0 Å². The second kappa shape index (κ2) is 4.87. The van der Waals surface area contributed by atoms with Gasteiger partial charge in [-0.15, -0.1) is 0 Å². The maximum Gasteiger partial charge on any atom is 0.251 e. The van der Waals surface area contributed by atoms with Crippen LogP contribution < -0.4 is 10.6 Å². The SMILES string of the molecule is N#Cc1ccccc1NC1C(=O)Nc2ccc(Cl)cc21. The molecule has 1 aliphatic rings. The van der Waals surface area contributed by atoms with E-state index in [1.165, 1.54) is 0 Å². The number of carbonyl (C=O) groups is 1. The van der Waals surface area contributed by atoms with Crippen LogP contribution in [0.25, 0.3) is 0 Å². The molecule has 0 saturated heterocycles. The number of amides is 1. The fourth-order valence-electron chi connectivity index (χ4n) is 2.24. The molecule has 3 rings (SSSR count). The van der Waals surface area contributed by atoms with Gasteiger partial charge in [0.2, 0.25) is 0 Å². The van der Waals surface area contributed by atoms with Crippen molar-refractivity contribution in [3.05, 3.63) is 58.6 Å². The molecule has 2 aromatic rings. The van der Waals surface area contributed by atoms with Crippen LogP contribution in [-0.4, -0.2) is 5.91 Å². The molecule has 1 atom stereocenters. The summed E-state index contributed by atoms with van der Waals surface area (Å²) >= 11 is 5.98. The van der Waals surface area contributed by atoms with Gasteiger partial charge in [-0.1, -0.05) is 23.7 Å². The number of fused-ring (bicyclic) bond motifs is 1. The van der Waals surface area contributed by atoms with E-state index in [2.05, 4.69) is 16.7 Å². The standard InChI is InChI=1S/C15H10ClN3O/c16-10-5-6-13-11(7-10)14(15(20)19-13)18-12-4-2-1-3-9(12)8-17/h1-7,14,18H,(H,19,20). The van der Waals surface area contributed by atoms with Crippen molar-refractivity contribution in [2.75, 3.05) is 10.6 Å². The van der Waals surface area contributed by atoms with Gasteiger partial charge >= 0.3 is 0 Å². The predicted molar refractivity (Wildman–Crippen MR) is 77.6 cm³/mol. The molecule has 1 amide bonds. The number of para-hydroxylation sites is 1. The van der Waals surface area contributed by atoms with E-state index in [0.717, 1.165) is 11.3 Å². The van der Waals surface area contributed by atoms with Crippen molar-refractivity contribution in [2.45, 2.75) is 6.04 Å². The number of hydrogen-bond donors (Lipinski definition) is 2. The van der Waals surface area contributed by atoms with Crippen LogP contribution in [0.5, 0.6) is 0 Å². The van der Waals surface area contributed by atoms with Gasteiger partial charge in [-0.05, 0) is 30.3 Å². The number of hydrogen-bond acceptors (Lipinski definition) is 3. The Morgan fingerprint density at radius 1 is 1.25 bits per heavy atom. The van der Waals surface area contributed by atoms with Crippen LogP contribution in [0.1, 0.15) is 17.2 Å². The maximum absolute atomic E-state index is 12.0. The Balaban J connectivity index is 1.98. The average Bonchev–Trinajstić information content (AvgIpc) is 2.76. The monoisotopic (exact) mass is 283 g/mol. The van der Waals surface area contributed by atoms with Crippen LogP contribution in [0.3, 0.4) is 0 Å². The minimum Gasteiger partial charge on any atom is -0.369 e. The first-order valence-electron chi connectivity index (χ1n) is 6.05. The summed E-state index contributed by atoms with van der Waals surface area (Å²) in [5.74, 6) is -0.157. The molecule has 0 spiro atoms. The highest BCUT2D eigenvalue weighted by Gasteiger charge is 2.30. The molecule has 1 aliphatic heterocycles. The molecule has 0 fully saturated rings. The smallest absolute Gasteiger partial charge is 0.251 e. The molecule has 0 aliphatic carbocycles. The lowest BCUT2D eigenvalue weighted by atomic mass is 10.1. The fourth-order valence-corrected chi connectivity index (χ4v) is 2.42. The number of halogens is 1. The molecule has 0 radical (unpaired) electrons. The minimum absolute atomic E-state index is 0.157. The van der Waals surface area contributed by atoms with Gasteiger partial charge in [0, 0.05) is 16.3 Å². The molecule has 0 aromatic heterocycles. The Morgan fingerprint density at radius 3 is 2.85 bits per heavy atom. The van der Waals surface area contributed by atoms with Crippen molar-refractivity contribution in [1.29, 1.82) is 5.26 Å². The van der Waals surface area contributed by atoms with E-state index in [1.54, 1.807) is 36.4 Å². The van der Waals surface area contributed by atoms with Crippen LogP contribution in [0.2, 0.25) is 5.02 Å². The molecule has 5 heteroatoms. The van der Waals surface area contributed by atoms with Crippen LogP contribution in [0.15, 0.2) is 42.5 Å². The molecular weight excluding hydrogens is 274 g/mol. The van der Waals surface area contributed by atoms with Crippen molar-refractivity contribution in [3.63, 3.8) is 0 Å². The number of benzene rings is 2. The molecule has 98 valence electrons. The summed E-state index contributed by atoms with van der Waals surface area (Å²) < 4.78 is 0. The van der Waals surface area contributed by atoms with Crippen LogP contribution in [-0.2, 0) is 4.79 Å². The van der Waals surface area contributed by atoms with Gasteiger partial charge in [-0.25, -0.2) is 0 Å². The van der Waals surface area contributed by atoms with E-state index in [0.29, 0.717) is 16.3 Å². The number of rotatable bonds is 2. The van der Waals surface area contributed by atoms with Crippen molar-refractivity contribution < 1.29 is 4.79 Å². The molecule has 1 heterocycles. The van der Waals surface area contributed by atoms with Crippen LogP contribution in [0.4, 0.5) is 11.4 Å². The first-order valence-corrected chi connectivity index (χ1v) is 6.43. The van der Waals surface area contributed by atoms with E-state index in [-0.39, 0.29) is 5.91 Å². The molecule has 2 N–H and O–H groups in total. The third-order valence-electron chi connectivity index (χ3n) is 3.19. The molecule has 2 aromatic carbocycles. The van der Waals surface area contributed by atoms with Crippen LogP contribution >= 0.6 is 11.6 Å². The Kier molecular flexibility index (Phi) is 3.05. The zero-order valence-corrected chi connectivity index (χ0v) is 11.1. The Hall–Kier alpha value is -2.51. The highest BCUT2D eigenvalue weighted by atomic mass is 35.5. The number of anilines is 2. The van der Waals surface area contributed by atoms with Crippen molar-refractivity contribution >= 4 is 28.9 Å². The summed E-state index contributed by atoms with van der Waals surface area (Å²) in [6.07, 6.45) is 0. The van der Waals surface area contributed by atoms with Crippen molar-refractivity contribution in [1.82, 2.24) is 0 Å². The highest BCUT2D eigenvalue weighted by molar-refractivity contribution is 6.31. The third kappa shape index (κ3) is 2.09. The fraction of sp³-hybridized carbons (Fsp3) is 0.0667. The van der Waals surface area contributed by atoms with E-state index < -0.39 is 6.04 Å². The van der Waals surface area contributed by atoms with E-state index in [1.807, 2.05) is 6.07 Å². The molecule has 0 bridgehead atoms. The quantitative estimate of drug-likeness (QED) is 0.888. The molecule has 20 heavy (non-hydrogen) atoms. The zero-order chi connectivity index (χ0) is 14.1. The summed E-state index contributed by atoms with van der Waals surface area (Å²) in [5.41, 5.74) is 2.65. The summed E-state index contributed by atoms with van der Waals surface area (Å²) in [5, 5.41) is 15.5. The topological polar surface area (TPSA) is 64.9 Å². The summed E-state index contributed by atoms with van der Waals surface area (Å²) in [6, 6.07) is 13.9. The van der Waals surface area contributed by atoms with Crippen molar-refractivity contribution in [3.8, 4) is 6.07 Å². The van der Waals surface area contributed by atoms with Gasteiger partial charge in [0.05, 0.1) is 11.3 Å². The highest BCUT2D eigenvalue weighted by Crippen LogP contribution is 2.35.